The van der Waals surface area contributed by atoms with Gasteiger partial charge in [-0.15, -0.1) is 11.3 Å². The van der Waals surface area contributed by atoms with Crippen LogP contribution >= 0.6 is 11.3 Å². The molecule has 0 saturated carbocycles. The van der Waals surface area contributed by atoms with Crippen LogP contribution in [-0.2, 0) is 6.54 Å². The molecule has 0 aliphatic heterocycles. The van der Waals surface area contributed by atoms with E-state index in [1.807, 2.05) is 42.5 Å². The summed E-state index contributed by atoms with van der Waals surface area (Å²) in [4.78, 5) is 10.5. The molecule has 0 bridgehead atoms. The van der Waals surface area contributed by atoms with Crippen molar-refractivity contribution in [3.63, 3.8) is 0 Å². The number of para-hydroxylation sites is 1. The maximum atomic E-state index is 7.11. The highest BCUT2D eigenvalue weighted by Gasteiger charge is 2.18. The molecular formula is C55H35N3O2S. The normalized spacial score (nSPS) is 12.6. The fourth-order valence-corrected chi connectivity index (χ4v) is 9.94. The van der Waals surface area contributed by atoms with Crippen LogP contribution in [0.5, 0.6) is 0 Å². The van der Waals surface area contributed by atoms with E-state index in [0.717, 1.165) is 77.1 Å². The lowest BCUT2D eigenvalue weighted by molar-refractivity contribution is 0.668. The van der Waals surface area contributed by atoms with Gasteiger partial charge in [0, 0.05) is 52.8 Å². The Morgan fingerprint density at radius 3 is 1.95 bits per heavy atom. The Balaban J connectivity index is 0.952. The molecule has 6 heteroatoms. The number of nitrogens with zero attached hydrogens (tertiary/aromatic N) is 2. The number of thiophene rings is 1. The van der Waals surface area contributed by atoms with Crippen molar-refractivity contribution in [3.05, 3.63) is 205 Å². The van der Waals surface area contributed by atoms with Crippen molar-refractivity contribution in [2.75, 3.05) is 0 Å². The van der Waals surface area contributed by atoms with E-state index >= 15 is 0 Å². The van der Waals surface area contributed by atoms with Crippen molar-refractivity contribution < 1.29 is 8.83 Å². The molecule has 0 aliphatic rings. The van der Waals surface area contributed by atoms with E-state index in [1.165, 1.54) is 36.7 Å². The summed E-state index contributed by atoms with van der Waals surface area (Å²) in [6.45, 7) is 0.433. The van der Waals surface area contributed by atoms with Crippen LogP contribution in [0.15, 0.2) is 207 Å². The van der Waals surface area contributed by atoms with Crippen LogP contribution in [0.25, 0.3) is 97.1 Å². The molecule has 288 valence electrons. The van der Waals surface area contributed by atoms with Crippen molar-refractivity contribution in [1.82, 2.24) is 0 Å². The molecule has 0 fully saturated rings. The van der Waals surface area contributed by atoms with Gasteiger partial charge in [-0.25, -0.2) is 4.99 Å². The monoisotopic (exact) mass is 801 g/mol. The predicted molar refractivity (Wildman–Crippen MR) is 256 cm³/mol. The fraction of sp³-hybridized carbons (Fsp3) is 0.0182. The van der Waals surface area contributed by atoms with Gasteiger partial charge in [0.1, 0.15) is 28.2 Å². The number of furan rings is 2. The molecule has 61 heavy (non-hydrogen) atoms. The van der Waals surface area contributed by atoms with Crippen LogP contribution in [0, 0.1) is 0 Å². The third-order valence-corrected chi connectivity index (χ3v) is 12.9. The van der Waals surface area contributed by atoms with Gasteiger partial charge in [-0.2, -0.15) is 0 Å². The average Bonchev–Trinajstić information content (AvgIpc) is 4.01. The van der Waals surface area contributed by atoms with Crippen LogP contribution in [-0.4, -0.2) is 11.7 Å². The number of rotatable bonds is 6. The molecule has 5 nitrogen and oxygen atoms in total. The molecule has 0 atom stereocenters. The van der Waals surface area contributed by atoms with Gasteiger partial charge < -0.3 is 14.6 Å². The van der Waals surface area contributed by atoms with Gasteiger partial charge in [0.2, 0.25) is 0 Å². The standard InChI is InChI=1S/C55H35N3O2S/c56-54(44-14-8-17-47-52(44)42-27-25-39(31-49(42)60-47)38-24-26-41-40-12-4-6-16-46(40)59-48(41)30-38)58-55(45-15-9-19-51-53(45)43-13-5-7-18-50(43)61-51)57-32-33-20-21-37-29-36(23-22-35(37)28-33)34-10-2-1-3-11-34/h1-31H,32H2,(H2,56,57,58). The zero-order chi connectivity index (χ0) is 40.4. The molecule has 3 aromatic heterocycles. The minimum atomic E-state index is 0.370. The highest BCUT2D eigenvalue weighted by atomic mass is 32.1. The molecule has 0 amide bonds. The van der Waals surface area contributed by atoms with Crippen LogP contribution in [0.1, 0.15) is 16.7 Å². The first kappa shape index (κ1) is 35.2. The van der Waals surface area contributed by atoms with E-state index in [9.17, 15) is 0 Å². The van der Waals surface area contributed by atoms with E-state index in [2.05, 4.69) is 146 Å². The summed E-state index contributed by atoms with van der Waals surface area (Å²) in [5, 5.41) is 8.76. The molecule has 12 aromatic rings. The maximum Gasteiger partial charge on any atom is 0.158 e. The molecule has 9 aromatic carbocycles. The Labute approximate surface area is 354 Å². The highest BCUT2D eigenvalue weighted by molar-refractivity contribution is 7.25. The van der Waals surface area contributed by atoms with Gasteiger partial charge in [0.05, 0.1) is 6.54 Å². The first-order valence-corrected chi connectivity index (χ1v) is 21.2. The number of benzene rings is 9. The van der Waals surface area contributed by atoms with Crippen molar-refractivity contribution in [1.29, 1.82) is 0 Å². The first-order valence-electron chi connectivity index (χ1n) is 20.4. The topological polar surface area (TPSA) is 77.0 Å². The van der Waals surface area contributed by atoms with Gasteiger partial charge in [-0.3, -0.25) is 4.99 Å². The summed E-state index contributed by atoms with van der Waals surface area (Å²) in [7, 11) is 0. The van der Waals surface area contributed by atoms with Crippen LogP contribution in [0.3, 0.4) is 0 Å². The fourth-order valence-electron chi connectivity index (χ4n) is 8.81. The van der Waals surface area contributed by atoms with Crippen molar-refractivity contribution in [2.24, 2.45) is 15.7 Å². The summed E-state index contributed by atoms with van der Waals surface area (Å²) in [6, 6.07) is 65.4. The van der Waals surface area contributed by atoms with Crippen molar-refractivity contribution in [3.8, 4) is 22.3 Å². The Morgan fingerprint density at radius 1 is 0.443 bits per heavy atom. The quantitative estimate of drug-likeness (QED) is 0.134. The average molecular weight is 802 g/mol. The van der Waals surface area contributed by atoms with E-state index in [0.29, 0.717) is 18.2 Å². The Bertz CT molecular complexity index is 3760. The third kappa shape index (κ3) is 6.07. The minimum absolute atomic E-state index is 0.370. The summed E-state index contributed by atoms with van der Waals surface area (Å²) in [6.07, 6.45) is 0. The van der Waals surface area contributed by atoms with Gasteiger partial charge >= 0.3 is 0 Å². The van der Waals surface area contributed by atoms with E-state index < -0.39 is 0 Å². The molecule has 0 spiro atoms. The van der Waals surface area contributed by atoms with Crippen molar-refractivity contribution >= 4 is 97.8 Å². The zero-order valence-electron chi connectivity index (χ0n) is 32.8. The predicted octanol–water partition coefficient (Wildman–Crippen LogP) is 14.7. The van der Waals surface area contributed by atoms with E-state index in [4.69, 9.17) is 24.6 Å². The lowest BCUT2D eigenvalue weighted by Crippen LogP contribution is -2.17. The maximum absolute atomic E-state index is 7.11. The highest BCUT2D eigenvalue weighted by Crippen LogP contribution is 2.39. The molecule has 0 radical (unpaired) electrons. The second-order valence-electron chi connectivity index (χ2n) is 15.5. The zero-order valence-corrected chi connectivity index (χ0v) is 33.6. The summed E-state index contributed by atoms with van der Waals surface area (Å²) in [5.41, 5.74) is 17.7. The van der Waals surface area contributed by atoms with Crippen LogP contribution in [0.4, 0.5) is 0 Å². The summed E-state index contributed by atoms with van der Waals surface area (Å²) in [5.74, 6) is 0.953. The molecular weight excluding hydrogens is 767 g/mol. The lowest BCUT2D eigenvalue weighted by Gasteiger charge is -2.09. The van der Waals surface area contributed by atoms with E-state index in [1.54, 1.807) is 11.3 Å². The molecule has 3 heterocycles. The SMILES string of the molecule is N/C(=N\C(=N/Cc1ccc2cc(-c3ccccc3)ccc2c1)c1cccc2sc3ccccc3c12)c1cccc2oc3cc(-c4ccc5c(c4)oc4ccccc45)ccc3c12. The van der Waals surface area contributed by atoms with Gasteiger partial charge in [0.15, 0.2) is 5.84 Å². The summed E-state index contributed by atoms with van der Waals surface area (Å²) >= 11 is 1.78. The number of aliphatic imine (C=N–C) groups is 2. The smallest absolute Gasteiger partial charge is 0.158 e. The first-order chi connectivity index (χ1) is 30.1. The molecule has 0 aliphatic carbocycles. The van der Waals surface area contributed by atoms with Crippen molar-refractivity contribution in [2.45, 2.75) is 6.54 Å². The number of nitrogens with two attached hydrogens (primary N) is 1. The number of hydrogen-bond acceptors (Lipinski definition) is 4. The molecule has 2 N–H and O–H groups in total. The lowest BCUT2D eigenvalue weighted by atomic mass is 10.00. The molecule has 0 saturated heterocycles. The largest absolute Gasteiger partial charge is 0.456 e. The Kier molecular flexibility index (Phi) is 8.18. The second-order valence-corrected chi connectivity index (χ2v) is 16.6. The Hall–Kier alpha value is -7.80. The third-order valence-electron chi connectivity index (χ3n) is 11.8. The molecule has 0 unspecified atom stereocenters. The van der Waals surface area contributed by atoms with Gasteiger partial charge in [-0.1, -0.05) is 127 Å². The van der Waals surface area contributed by atoms with Gasteiger partial charge in [-0.05, 0) is 99.3 Å². The van der Waals surface area contributed by atoms with Crippen LogP contribution < -0.4 is 5.73 Å². The minimum Gasteiger partial charge on any atom is -0.456 e. The van der Waals surface area contributed by atoms with Crippen LogP contribution in [0.2, 0.25) is 0 Å². The molecule has 12 rings (SSSR count). The Morgan fingerprint density at radius 2 is 1.07 bits per heavy atom. The second kappa shape index (κ2) is 14.2. The summed E-state index contributed by atoms with van der Waals surface area (Å²) < 4.78 is 15.1. The number of hydrogen-bond donors (Lipinski definition) is 1. The number of fused-ring (bicyclic) bond motifs is 10. The van der Waals surface area contributed by atoms with E-state index in [-0.39, 0.29) is 0 Å². The number of amidine groups is 2. The van der Waals surface area contributed by atoms with Gasteiger partial charge in [0.25, 0.3) is 0 Å².